The largest absolute Gasteiger partial charge is 0.445 e. The normalized spacial score (nSPS) is 48.7. The van der Waals surface area contributed by atoms with E-state index >= 15 is 0 Å². The van der Waals surface area contributed by atoms with Crippen molar-refractivity contribution in [3.63, 3.8) is 0 Å². The van der Waals surface area contributed by atoms with Gasteiger partial charge in [-0.2, -0.15) is 0 Å². The number of rotatable bonds is 2. The first-order valence-electron chi connectivity index (χ1n) is 12.5. The summed E-state index contributed by atoms with van der Waals surface area (Å²) in [5, 5.41) is 25.2. The zero-order chi connectivity index (χ0) is 25.2. The molecule has 1 amide bonds. The molecule has 3 N–H and O–H groups in total. The number of carbonyl (C=O) groups excluding carboxylic acids is 2. The second kappa shape index (κ2) is 8.29. The molecule has 4 aliphatic rings. The van der Waals surface area contributed by atoms with E-state index in [0.717, 1.165) is 5.56 Å². The third kappa shape index (κ3) is 3.51. The maximum Gasteiger partial charge on any atom is 0.331 e. The number of esters is 1. The Balaban J connectivity index is 1.62. The molecule has 0 radical (unpaired) electrons. The van der Waals surface area contributed by atoms with Crippen LogP contribution in [-0.2, 0) is 25.5 Å². The van der Waals surface area contributed by atoms with Crippen LogP contribution in [0.25, 0.3) is 0 Å². The van der Waals surface area contributed by atoms with Crippen molar-refractivity contribution in [1.29, 1.82) is 0 Å². The van der Waals surface area contributed by atoms with Gasteiger partial charge in [0, 0.05) is 18.0 Å². The number of amides is 1. The number of hydrogen-bond acceptors (Lipinski definition) is 6. The van der Waals surface area contributed by atoms with Gasteiger partial charge in [0.25, 0.3) is 5.91 Å². The third-order valence-corrected chi connectivity index (χ3v) is 8.97. The van der Waals surface area contributed by atoms with Crippen molar-refractivity contribution in [2.24, 2.45) is 23.7 Å². The summed E-state index contributed by atoms with van der Waals surface area (Å²) in [7, 11) is 0. The van der Waals surface area contributed by atoms with Gasteiger partial charge in [-0.1, -0.05) is 62.4 Å². The molecule has 0 unspecified atom stereocenters. The predicted octanol–water partition coefficient (Wildman–Crippen LogP) is 2.31. The number of allylic oxidation sites excluding steroid dienone is 1. The summed E-state index contributed by atoms with van der Waals surface area (Å²) in [6.45, 7) is 7.56. The minimum Gasteiger partial charge on any atom is -0.445 e. The topological polar surface area (TPSA) is 108 Å². The highest BCUT2D eigenvalue weighted by molar-refractivity contribution is 5.94. The molecule has 1 aromatic rings. The maximum atomic E-state index is 13.8. The van der Waals surface area contributed by atoms with Crippen molar-refractivity contribution in [1.82, 2.24) is 5.32 Å². The van der Waals surface area contributed by atoms with Gasteiger partial charge in [0.05, 0.1) is 24.0 Å². The molecular formula is C28H35NO6. The zero-order valence-electron chi connectivity index (χ0n) is 20.7. The SMILES string of the molecule is C[C@H]1/C=C\C(=O)O[C@@]23C(=O)N[C@@H](Cc4ccccc4)[C@@H]2[C@@]2(C)O[C@@]2(C)[C@@H](O)[C@@H]3/C=C\C[C@H](C)[C@H]1O. The lowest BCUT2D eigenvalue weighted by atomic mass is 9.57. The molecule has 3 heterocycles. The Hall–Kier alpha value is -2.48. The molecule has 1 aliphatic carbocycles. The summed E-state index contributed by atoms with van der Waals surface area (Å²) in [5.74, 6) is -2.72. The number of epoxide rings is 1. The Morgan fingerprint density at radius 2 is 1.77 bits per heavy atom. The van der Waals surface area contributed by atoms with E-state index in [2.05, 4.69) is 5.32 Å². The summed E-state index contributed by atoms with van der Waals surface area (Å²) < 4.78 is 12.3. The number of ether oxygens (including phenoxy) is 2. The van der Waals surface area contributed by atoms with E-state index < -0.39 is 52.7 Å². The Bertz CT molecular complexity index is 1070. The van der Waals surface area contributed by atoms with Crippen molar-refractivity contribution in [2.45, 2.75) is 75.6 Å². The molecule has 188 valence electrons. The molecule has 1 aromatic carbocycles. The van der Waals surface area contributed by atoms with Crippen LogP contribution >= 0.6 is 0 Å². The van der Waals surface area contributed by atoms with E-state index in [1.54, 1.807) is 12.2 Å². The van der Waals surface area contributed by atoms with Crippen LogP contribution in [-0.4, -0.2) is 57.1 Å². The Morgan fingerprint density at radius 3 is 2.49 bits per heavy atom. The first kappa shape index (κ1) is 24.2. The lowest BCUT2D eigenvalue weighted by Gasteiger charge is -2.47. The van der Waals surface area contributed by atoms with Crippen molar-refractivity contribution < 1.29 is 29.3 Å². The van der Waals surface area contributed by atoms with E-state index in [9.17, 15) is 19.8 Å². The molecule has 3 fully saturated rings. The lowest BCUT2D eigenvalue weighted by Crippen LogP contribution is -2.66. The highest BCUT2D eigenvalue weighted by atomic mass is 16.7. The van der Waals surface area contributed by atoms with Gasteiger partial charge in [-0.25, -0.2) is 4.79 Å². The number of carbonyl (C=O) groups is 2. The second-order valence-corrected chi connectivity index (χ2v) is 11.1. The number of benzene rings is 1. The van der Waals surface area contributed by atoms with Gasteiger partial charge in [0.1, 0.15) is 11.2 Å². The number of aliphatic hydroxyl groups is 2. The fourth-order valence-electron chi connectivity index (χ4n) is 6.78. The Morgan fingerprint density at radius 1 is 1.06 bits per heavy atom. The average Bonchev–Trinajstić information content (AvgIpc) is 3.29. The van der Waals surface area contributed by atoms with Crippen molar-refractivity contribution >= 4 is 11.9 Å². The van der Waals surface area contributed by atoms with Gasteiger partial charge in [-0.05, 0) is 38.2 Å². The Kier molecular flexibility index (Phi) is 5.74. The maximum absolute atomic E-state index is 13.8. The van der Waals surface area contributed by atoms with Gasteiger partial charge >= 0.3 is 5.97 Å². The molecule has 3 aliphatic heterocycles. The first-order valence-corrected chi connectivity index (χ1v) is 12.5. The lowest BCUT2D eigenvalue weighted by molar-refractivity contribution is -0.185. The first-order chi connectivity index (χ1) is 16.5. The molecule has 10 atom stereocenters. The summed E-state index contributed by atoms with van der Waals surface area (Å²) in [6.07, 6.45) is 6.01. The smallest absolute Gasteiger partial charge is 0.331 e. The average molecular weight is 482 g/mol. The van der Waals surface area contributed by atoms with Crippen LogP contribution in [0.15, 0.2) is 54.6 Å². The second-order valence-electron chi connectivity index (χ2n) is 11.1. The van der Waals surface area contributed by atoms with Crippen LogP contribution in [0, 0.1) is 23.7 Å². The molecule has 7 nitrogen and oxygen atoms in total. The number of fused-ring (bicyclic) bond motifs is 2. The molecule has 1 spiro atoms. The van der Waals surface area contributed by atoms with E-state index in [1.807, 2.05) is 64.1 Å². The molecule has 2 saturated heterocycles. The molecule has 0 bridgehead atoms. The molecule has 0 aromatic heterocycles. The summed E-state index contributed by atoms with van der Waals surface area (Å²) >= 11 is 0. The number of nitrogens with one attached hydrogen (secondary N) is 1. The molecule has 1 saturated carbocycles. The highest BCUT2D eigenvalue weighted by Gasteiger charge is 2.85. The minimum absolute atomic E-state index is 0.0740. The van der Waals surface area contributed by atoms with Gasteiger partial charge in [0.2, 0.25) is 5.60 Å². The summed E-state index contributed by atoms with van der Waals surface area (Å²) in [5.41, 5.74) is -2.30. The van der Waals surface area contributed by atoms with Gasteiger partial charge in [0.15, 0.2) is 0 Å². The minimum atomic E-state index is -1.62. The van der Waals surface area contributed by atoms with Gasteiger partial charge in [-0.15, -0.1) is 0 Å². The monoisotopic (exact) mass is 481 g/mol. The fourth-order valence-corrected chi connectivity index (χ4v) is 6.78. The molecular weight excluding hydrogens is 446 g/mol. The fraction of sp³-hybridized carbons (Fsp3) is 0.571. The highest BCUT2D eigenvalue weighted by Crippen LogP contribution is 2.67. The van der Waals surface area contributed by atoms with Crippen molar-refractivity contribution in [3.8, 4) is 0 Å². The van der Waals surface area contributed by atoms with Crippen LogP contribution in [0.4, 0.5) is 0 Å². The third-order valence-electron chi connectivity index (χ3n) is 8.97. The predicted molar refractivity (Wildman–Crippen MR) is 129 cm³/mol. The van der Waals surface area contributed by atoms with Crippen LogP contribution in [0.2, 0.25) is 0 Å². The summed E-state index contributed by atoms with van der Waals surface area (Å²) in [6, 6.07) is 9.52. The summed E-state index contributed by atoms with van der Waals surface area (Å²) in [4.78, 5) is 26.9. The molecule has 35 heavy (non-hydrogen) atoms. The quantitative estimate of drug-likeness (QED) is 0.340. The molecule has 5 rings (SSSR count). The van der Waals surface area contributed by atoms with E-state index in [4.69, 9.17) is 9.47 Å². The van der Waals surface area contributed by atoms with Crippen molar-refractivity contribution in [2.75, 3.05) is 0 Å². The van der Waals surface area contributed by atoms with Gasteiger partial charge < -0.3 is 25.0 Å². The van der Waals surface area contributed by atoms with Crippen LogP contribution in [0.5, 0.6) is 0 Å². The van der Waals surface area contributed by atoms with Crippen LogP contribution in [0.3, 0.4) is 0 Å². The standard InChI is InChI=1S/C28H35NO6/c1-16-9-8-12-19-24(32)27(4)26(3,35-27)23-20(15-18-10-6-5-7-11-18)29-25(33)28(19,23)34-21(30)14-13-17(2)22(16)31/h5-8,10-14,16-17,19-20,22-24,31-32H,9,15H2,1-4H3,(H,29,33)/b12-8-,14-13-/t16-,17-,19-,20-,22+,23+,24-,26+,27-,28+/m0/s1. The van der Waals surface area contributed by atoms with Crippen LogP contribution < -0.4 is 5.32 Å². The van der Waals surface area contributed by atoms with Crippen LogP contribution in [0.1, 0.15) is 39.7 Å². The van der Waals surface area contributed by atoms with E-state index in [1.165, 1.54) is 6.08 Å². The Labute approximate surface area is 206 Å². The number of hydrogen-bond donors (Lipinski definition) is 3. The zero-order valence-corrected chi connectivity index (χ0v) is 20.7. The number of aliphatic hydroxyl groups excluding tert-OH is 2. The molecule has 7 heteroatoms. The van der Waals surface area contributed by atoms with Gasteiger partial charge in [-0.3, -0.25) is 4.79 Å². The van der Waals surface area contributed by atoms with E-state index in [-0.39, 0.29) is 17.9 Å². The van der Waals surface area contributed by atoms with Crippen molar-refractivity contribution in [3.05, 3.63) is 60.2 Å². The van der Waals surface area contributed by atoms with E-state index in [0.29, 0.717) is 12.8 Å².